The van der Waals surface area contributed by atoms with Crippen LogP contribution < -0.4 is 4.90 Å². The first kappa shape index (κ1) is 17.3. The highest BCUT2D eigenvalue weighted by Crippen LogP contribution is 2.36. The minimum atomic E-state index is -0.316. The van der Waals surface area contributed by atoms with E-state index >= 15 is 0 Å². The van der Waals surface area contributed by atoms with Crippen LogP contribution in [0.15, 0.2) is 48.5 Å². The van der Waals surface area contributed by atoms with Crippen LogP contribution in [0.25, 0.3) is 4.96 Å². The van der Waals surface area contributed by atoms with E-state index in [4.69, 9.17) is 0 Å². The lowest BCUT2D eigenvalue weighted by molar-refractivity contribution is -0.941. The van der Waals surface area contributed by atoms with Gasteiger partial charge in [0, 0.05) is 12.0 Å². The first-order chi connectivity index (χ1) is 13.6. The molecule has 2 atom stereocenters. The number of hydrogen-bond acceptors (Lipinski definition) is 4. The molecule has 5 rings (SSSR count). The Labute approximate surface area is 165 Å². The third kappa shape index (κ3) is 2.78. The number of nitrogens with zero attached hydrogens (tertiary/aromatic N) is 3. The second kappa shape index (κ2) is 6.68. The van der Waals surface area contributed by atoms with Gasteiger partial charge in [0.25, 0.3) is 0 Å². The Kier molecular flexibility index (Phi) is 4.14. The summed E-state index contributed by atoms with van der Waals surface area (Å²) < 4.78 is 16.3. The van der Waals surface area contributed by atoms with Crippen LogP contribution in [0.1, 0.15) is 33.4 Å². The van der Waals surface area contributed by atoms with Gasteiger partial charge in [0.2, 0.25) is 10.8 Å². The van der Waals surface area contributed by atoms with Gasteiger partial charge >= 0.3 is 0 Å². The number of thiazole rings is 1. The minimum absolute atomic E-state index is 0.0558. The van der Waals surface area contributed by atoms with E-state index in [2.05, 4.69) is 28.3 Å². The molecule has 0 bridgehead atoms. The van der Waals surface area contributed by atoms with Crippen molar-refractivity contribution in [3.8, 4) is 5.88 Å². The highest BCUT2D eigenvalue weighted by Gasteiger charge is 2.36. The van der Waals surface area contributed by atoms with Gasteiger partial charge in [-0.2, -0.15) is 4.52 Å². The smallest absolute Gasteiger partial charge is 0.235 e. The summed E-state index contributed by atoms with van der Waals surface area (Å²) in [5.74, 6) is 0.406. The Hall–Kier alpha value is -2.77. The van der Waals surface area contributed by atoms with E-state index in [1.165, 1.54) is 37.9 Å². The third-order valence-electron chi connectivity index (χ3n) is 5.44. The molecule has 5 nitrogen and oxygen atoms in total. The molecule has 7 heteroatoms. The molecular formula is C21H20FN4OS+. The van der Waals surface area contributed by atoms with Crippen LogP contribution in [0.2, 0.25) is 0 Å². The maximum absolute atomic E-state index is 14.8. The number of halogens is 1. The molecule has 0 radical (unpaired) electrons. The van der Waals surface area contributed by atoms with Crippen LogP contribution in [-0.4, -0.2) is 26.2 Å². The fraction of sp³-hybridized carbons (Fsp3) is 0.238. The summed E-state index contributed by atoms with van der Waals surface area (Å²) in [6, 6.07) is 14.9. The molecule has 142 valence electrons. The topological polar surface area (TPSA) is 54.9 Å². The number of rotatable bonds is 3. The van der Waals surface area contributed by atoms with Gasteiger partial charge in [0.15, 0.2) is 6.04 Å². The van der Waals surface area contributed by atoms with Gasteiger partial charge in [-0.15, -0.1) is 5.10 Å². The van der Waals surface area contributed by atoms with Crippen molar-refractivity contribution in [1.82, 2.24) is 14.6 Å². The highest BCUT2D eigenvalue weighted by atomic mass is 32.1. The molecule has 1 aliphatic rings. The molecule has 28 heavy (non-hydrogen) atoms. The van der Waals surface area contributed by atoms with E-state index < -0.39 is 0 Å². The van der Waals surface area contributed by atoms with Crippen LogP contribution >= 0.6 is 11.3 Å². The molecule has 4 aromatic rings. The van der Waals surface area contributed by atoms with Crippen LogP contribution in [0, 0.1) is 12.7 Å². The first-order valence-corrected chi connectivity index (χ1v) is 10.1. The average Bonchev–Trinajstić information content (AvgIpc) is 3.21. The first-order valence-electron chi connectivity index (χ1n) is 9.32. The lowest BCUT2D eigenvalue weighted by Crippen LogP contribution is -3.12. The Morgan fingerprint density at radius 3 is 2.68 bits per heavy atom. The molecule has 0 fully saturated rings. The molecule has 0 saturated heterocycles. The normalized spacial score (nSPS) is 17.6. The fourth-order valence-corrected chi connectivity index (χ4v) is 5.32. The molecular weight excluding hydrogens is 375 g/mol. The van der Waals surface area contributed by atoms with E-state index in [-0.39, 0.29) is 17.7 Å². The van der Waals surface area contributed by atoms with E-state index in [0.717, 1.165) is 19.5 Å². The van der Waals surface area contributed by atoms with Gasteiger partial charge in [0.1, 0.15) is 23.1 Å². The van der Waals surface area contributed by atoms with E-state index in [0.29, 0.717) is 21.2 Å². The molecule has 2 N–H and O–H groups in total. The van der Waals surface area contributed by atoms with Gasteiger partial charge in [-0.1, -0.05) is 47.7 Å². The maximum atomic E-state index is 14.8. The molecule has 0 amide bonds. The number of benzene rings is 2. The van der Waals surface area contributed by atoms with E-state index in [1.54, 1.807) is 13.0 Å². The van der Waals surface area contributed by atoms with Crippen molar-refractivity contribution in [2.24, 2.45) is 0 Å². The highest BCUT2D eigenvalue weighted by molar-refractivity contribution is 7.17. The molecule has 0 spiro atoms. The van der Waals surface area contributed by atoms with Crippen molar-refractivity contribution >= 4 is 16.3 Å². The van der Waals surface area contributed by atoms with Crippen molar-refractivity contribution < 1.29 is 14.4 Å². The van der Waals surface area contributed by atoms with Crippen LogP contribution in [0.3, 0.4) is 0 Å². The Morgan fingerprint density at radius 1 is 1.14 bits per heavy atom. The Bertz CT molecular complexity index is 1170. The monoisotopic (exact) mass is 395 g/mol. The number of hydrogen-bond donors (Lipinski definition) is 2. The predicted molar refractivity (Wildman–Crippen MR) is 105 cm³/mol. The maximum Gasteiger partial charge on any atom is 0.235 e. The number of quaternary nitrogens is 1. The molecule has 1 unspecified atom stereocenters. The zero-order valence-electron chi connectivity index (χ0n) is 15.4. The number of aromatic nitrogens is 3. The summed E-state index contributed by atoms with van der Waals surface area (Å²) >= 11 is 1.38. The van der Waals surface area contributed by atoms with Gasteiger partial charge in [0.05, 0.1) is 12.1 Å². The summed E-state index contributed by atoms with van der Waals surface area (Å²) in [7, 11) is 0. The van der Waals surface area contributed by atoms with Crippen molar-refractivity contribution in [1.29, 1.82) is 0 Å². The number of aryl methyl sites for hydroxylation is 1. The predicted octanol–water partition coefficient (Wildman–Crippen LogP) is 2.67. The number of aromatic hydroxyl groups is 1. The molecule has 2 aromatic heterocycles. The summed E-state index contributed by atoms with van der Waals surface area (Å²) in [5.41, 5.74) is 3.22. The molecule has 0 saturated carbocycles. The molecule has 3 heterocycles. The average molecular weight is 395 g/mol. The standard InChI is InChI=1S/C21H19FN4OS/c1-13-23-21-26(24-13)20(27)19(28-21)18(16-8-4-5-9-17(16)22)25-11-10-14-6-2-3-7-15(14)12-25/h2-9,18,27H,10-12H2,1H3/p+1/t18-/m0/s1. The second-order valence-corrected chi connectivity index (χ2v) is 8.21. The largest absolute Gasteiger partial charge is 0.492 e. The molecule has 2 aromatic carbocycles. The molecule has 0 aliphatic carbocycles. The lowest BCUT2D eigenvalue weighted by atomic mass is 9.95. The van der Waals surface area contributed by atoms with E-state index in [9.17, 15) is 9.50 Å². The summed E-state index contributed by atoms with van der Waals surface area (Å²) in [4.78, 5) is 6.92. The minimum Gasteiger partial charge on any atom is -0.492 e. The van der Waals surface area contributed by atoms with Crippen LogP contribution in [0.4, 0.5) is 4.39 Å². The quantitative estimate of drug-likeness (QED) is 0.561. The van der Waals surface area contributed by atoms with Crippen molar-refractivity contribution in [2.75, 3.05) is 6.54 Å². The van der Waals surface area contributed by atoms with Crippen LogP contribution in [-0.2, 0) is 13.0 Å². The van der Waals surface area contributed by atoms with Gasteiger partial charge in [-0.05, 0) is 24.6 Å². The number of nitrogens with one attached hydrogen (secondary N) is 1. The SMILES string of the molecule is Cc1nc2sc([C@H](c3ccccc3F)[NH+]3CCc4ccccc4C3)c(O)n2n1. The second-order valence-electron chi connectivity index (χ2n) is 7.20. The van der Waals surface area contributed by atoms with Gasteiger partial charge in [-0.3, -0.25) is 0 Å². The van der Waals surface area contributed by atoms with Crippen LogP contribution in [0.5, 0.6) is 5.88 Å². The number of fused-ring (bicyclic) bond motifs is 2. The van der Waals surface area contributed by atoms with E-state index in [1.807, 2.05) is 18.2 Å². The fourth-order valence-electron chi connectivity index (χ4n) is 4.14. The Morgan fingerprint density at radius 2 is 1.89 bits per heavy atom. The summed E-state index contributed by atoms with van der Waals surface area (Å²) in [6.07, 6.45) is 0.928. The van der Waals surface area contributed by atoms with Crippen molar-refractivity contribution in [3.63, 3.8) is 0 Å². The van der Waals surface area contributed by atoms with Crippen molar-refractivity contribution in [3.05, 3.63) is 81.7 Å². The summed E-state index contributed by atoms with van der Waals surface area (Å²) in [6.45, 7) is 3.43. The molecule has 1 aliphatic heterocycles. The summed E-state index contributed by atoms with van der Waals surface area (Å²) in [5, 5.41) is 15.2. The van der Waals surface area contributed by atoms with Gasteiger partial charge in [-0.25, -0.2) is 9.37 Å². The zero-order valence-corrected chi connectivity index (χ0v) is 16.2. The zero-order chi connectivity index (χ0) is 19.3. The lowest BCUT2D eigenvalue weighted by Gasteiger charge is -2.32. The van der Waals surface area contributed by atoms with Gasteiger partial charge < -0.3 is 10.0 Å². The van der Waals surface area contributed by atoms with Crippen molar-refractivity contribution in [2.45, 2.75) is 25.9 Å². The Balaban J connectivity index is 1.64. The third-order valence-corrected chi connectivity index (χ3v) is 6.53.